The monoisotopic (exact) mass is 488 g/mol. The highest BCUT2D eigenvalue weighted by atomic mass is 16.7. The Hall–Kier alpha value is -0.810. The van der Waals surface area contributed by atoms with Gasteiger partial charge in [-0.05, 0) is 111 Å². The van der Waals surface area contributed by atoms with Crippen LogP contribution in [0.5, 0.6) is 0 Å². The van der Waals surface area contributed by atoms with E-state index in [1.54, 1.807) is 0 Å². The van der Waals surface area contributed by atoms with E-state index in [1.807, 2.05) is 6.92 Å². The lowest BCUT2D eigenvalue weighted by Crippen LogP contribution is -2.55. The summed E-state index contributed by atoms with van der Waals surface area (Å²) in [5.41, 5.74) is 0.765. The second-order valence-corrected chi connectivity index (χ2v) is 13.9. The average molecular weight is 489 g/mol. The van der Waals surface area contributed by atoms with E-state index in [0.717, 1.165) is 43.6 Å². The Morgan fingerprint density at radius 3 is 2.49 bits per heavy atom. The van der Waals surface area contributed by atoms with Gasteiger partial charge in [-0.25, -0.2) is 4.79 Å². The second-order valence-electron chi connectivity index (χ2n) is 13.9. The van der Waals surface area contributed by atoms with E-state index in [1.165, 1.54) is 44.9 Å². The lowest BCUT2D eigenvalue weighted by molar-refractivity contribution is -0.273. The zero-order valence-electron chi connectivity index (χ0n) is 22.7. The van der Waals surface area contributed by atoms with Crippen molar-refractivity contribution in [3.8, 4) is 0 Å². The van der Waals surface area contributed by atoms with Gasteiger partial charge >= 0.3 is 6.16 Å². The summed E-state index contributed by atoms with van der Waals surface area (Å²) in [4.78, 5) is 11.9. The van der Waals surface area contributed by atoms with Gasteiger partial charge in [0.15, 0.2) is 5.79 Å². The summed E-state index contributed by atoms with van der Waals surface area (Å²) >= 11 is 0. The second kappa shape index (κ2) is 8.61. The lowest BCUT2D eigenvalue weighted by Gasteiger charge is -2.61. The van der Waals surface area contributed by atoms with Crippen molar-refractivity contribution in [1.82, 2.24) is 0 Å². The zero-order chi connectivity index (χ0) is 24.6. The molecular weight excluding hydrogens is 440 g/mol. The third kappa shape index (κ3) is 3.64. The number of hydrogen-bond donors (Lipinski definition) is 0. The van der Waals surface area contributed by atoms with Gasteiger partial charge in [0.25, 0.3) is 0 Å². The molecule has 6 rings (SSSR count). The summed E-state index contributed by atoms with van der Waals surface area (Å²) in [7, 11) is 0. The first-order valence-electron chi connectivity index (χ1n) is 14.9. The first kappa shape index (κ1) is 24.5. The normalized spacial score (nSPS) is 54.9. The standard InChI is InChI=1S/C30H48O5/c1-6-32-27(31)34-21-10-12-28(4)20(15-21)7-8-22-23(28)11-13-29(5)24(22)16-25-26(29)19(3)30(35-25)14-9-18(2)17-33-30/h18-26H,6-17H2,1-5H3/t18?,19?,20-,21+,22?,23?,24?,25+,26?,28+,29+,30-/m1/s1. The van der Waals surface area contributed by atoms with E-state index in [2.05, 4.69) is 27.7 Å². The third-order valence-electron chi connectivity index (χ3n) is 12.4. The predicted octanol–water partition coefficient (Wildman–Crippen LogP) is 6.97. The van der Waals surface area contributed by atoms with Gasteiger partial charge in [0.05, 0.1) is 19.3 Å². The molecule has 1 spiro atoms. The first-order valence-corrected chi connectivity index (χ1v) is 14.9. The number of rotatable bonds is 2. The molecule has 0 N–H and O–H groups in total. The number of hydrogen-bond acceptors (Lipinski definition) is 5. The van der Waals surface area contributed by atoms with Crippen LogP contribution in [0.1, 0.15) is 98.8 Å². The van der Waals surface area contributed by atoms with Gasteiger partial charge < -0.3 is 18.9 Å². The molecule has 2 heterocycles. The Morgan fingerprint density at radius 2 is 1.74 bits per heavy atom. The molecule has 0 aromatic carbocycles. The summed E-state index contributed by atoms with van der Waals surface area (Å²) in [6.45, 7) is 13.0. The molecule has 4 aliphatic carbocycles. The Labute approximate surface area is 212 Å². The fourth-order valence-electron chi connectivity index (χ4n) is 10.6. The molecule has 2 aliphatic heterocycles. The molecule has 0 radical (unpaired) electrons. The van der Waals surface area contributed by atoms with Crippen molar-refractivity contribution in [3.05, 3.63) is 0 Å². The summed E-state index contributed by atoms with van der Waals surface area (Å²) in [6, 6.07) is 0. The van der Waals surface area contributed by atoms with E-state index in [-0.39, 0.29) is 11.9 Å². The Balaban J connectivity index is 1.17. The van der Waals surface area contributed by atoms with Crippen LogP contribution in [0.25, 0.3) is 0 Å². The van der Waals surface area contributed by atoms with Gasteiger partial charge in [0, 0.05) is 12.3 Å². The third-order valence-corrected chi connectivity index (χ3v) is 12.4. The smallest absolute Gasteiger partial charge is 0.435 e. The molecule has 198 valence electrons. The zero-order valence-corrected chi connectivity index (χ0v) is 22.7. The van der Waals surface area contributed by atoms with Crippen LogP contribution in [0.2, 0.25) is 0 Å². The lowest BCUT2D eigenvalue weighted by atomic mass is 9.44. The minimum atomic E-state index is -0.482. The molecule has 5 heteroatoms. The van der Waals surface area contributed by atoms with Gasteiger partial charge in [0.2, 0.25) is 0 Å². The minimum absolute atomic E-state index is 0.0343. The van der Waals surface area contributed by atoms with Crippen molar-refractivity contribution in [1.29, 1.82) is 0 Å². The molecule has 5 nitrogen and oxygen atoms in total. The topological polar surface area (TPSA) is 54.0 Å². The maximum absolute atomic E-state index is 11.9. The highest BCUT2D eigenvalue weighted by molar-refractivity contribution is 5.60. The molecule has 6 fully saturated rings. The molecular formula is C30H48O5. The maximum Gasteiger partial charge on any atom is 0.508 e. The van der Waals surface area contributed by atoms with Crippen LogP contribution < -0.4 is 0 Å². The molecule has 35 heavy (non-hydrogen) atoms. The van der Waals surface area contributed by atoms with Crippen LogP contribution in [0.15, 0.2) is 0 Å². The highest BCUT2D eigenvalue weighted by Crippen LogP contribution is 2.71. The van der Waals surface area contributed by atoms with Gasteiger partial charge in [-0.1, -0.05) is 27.7 Å². The molecule has 6 aliphatic rings. The largest absolute Gasteiger partial charge is 0.508 e. The Morgan fingerprint density at radius 1 is 0.943 bits per heavy atom. The van der Waals surface area contributed by atoms with Crippen molar-refractivity contribution in [3.63, 3.8) is 0 Å². The SMILES string of the molecule is CCOC(=O)O[C@H]1CC[C@]2(C)C3CC[C@@]4(C)C(C[C@@H]5O[C@]6(CCC(C)CO6)C(C)C54)C3CC[C@@H]2C1. The average Bonchev–Trinajstić information content (AvgIpc) is 3.26. The van der Waals surface area contributed by atoms with E-state index in [0.29, 0.717) is 47.2 Å². The van der Waals surface area contributed by atoms with E-state index in [4.69, 9.17) is 18.9 Å². The van der Waals surface area contributed by atoms with Gasteiger partial charge in [-0.15, -0.1) is 0 Å². The van der Waals surface area contributed by atoms with Crippen molar-refractivity contribution in [2.45, 2.75) is 117 Å². The first-order chi connectivity index (χ1) is 16.7. The van der Waals surface area contributed by atoms with Crippen molar-refractivity contribution in [2.24, 2.45) is 52.3 Å². The van der Waals surface area contributed by atoms with Crippen LogP contribution in [0.3, 0.4) is 0 Å². The molecule has 6 unspecified atom stereocenters. The molecule has 0 aromatic heterocycles. The van der Waals surface area contributed by atoms with E-state index >= 15 is 0 Å². The number of carbonyl (C=O) groups is 1. The van der Waals surface area contributed by atoms with Crippen LogP contribution in [-0.2, 0) is 18.9 Å². The number of carbonyl (C=O) groups excluding carboxylic acids is 1. The molecule has 2 saturated heterocycles. The summed E-state index contributed by atoms with van der Waals surface area (Å²) in [5.74, 6) is 4.55. The minimum Gasteiger partial charge on any atom is -0.435 e. The summed E-state index contributed by atoms with van der Waals surface area (Å²) < 4.78 is 24.2. The number of fused-ring (bicyclic) bond motifs is 7. The van der Waals surface area contributed by atoms with E-state index in [9.17, 15) is 4.79 Å². The van der Waals surface area contributed by atoms with Crippen LogP contribution in [-0.4, -0.2) is 37.4 Å². The maximum atomic E-state index is 11.9. The summed E-state index contributed by atoms with van der Waals surface area (Å²) in [6.07, 6.45) is 12.0. The van der Waals surface area contributed by atoms with Gasteiger partial charge in [-0.3, -0.25) is 0 Å². The Bertz CT molecular complexity index is 820. The quantitative estimate of drug-likeness (QED) is 0.393. The molecule has 0 aromatic rings. The van der Waals surface area contributed by atoms with Crippen LogP contribution in [0, 0.1) is 52.3 Å². The number of ether oxygens (including phenoxy) is 4. The highest BCUT2D eigenvalue weighted by Gasteiger charge is 2.69. The fourth-order valence-corrected chi connectivity index (χ4v) is 10.6. The van der Waals surface area contributed by atoms with Crippen molar-refractivity contribution in [2.75, 3.05) is 13.2 Å². The molecule has 12 atom stereocenters. The van der Waals surface area contributed by atoms with E-state index < -0.39 is 6.16 Å². The predicted molar refractivity (Wildman–Crippen MR) is 134 cm³/mol. The van der Waals surface area contributed by atoms with Crippen LogP contribution in [0.4, 0.5) is 4.79 Å². The Kier molecular flexibility index (Phi) is 6.03. The molecule has 0 bridgehead atoms. The fraction of sp³-hybridized carbons (Fsp3) is 0.967. The van der Waals surface area contributed by atoms with Crippen molar-refractivity contribution < 1.29 is 23.7 Å². The van der Waals surface area contributed by atoms with Crippen LogP contribution >= 0.6 is 0 Å². The van der Waals surface area contributed by atoms with Gasteiger partial charge in [0.1, 0.15) is 6.10 Å². The summed E-state index contributed by atoms with van der Waals surface area (Å²) in [5, 5.41) is 0. The molecule has 4 saturated carbocycles. The van der Waals surface area contributed by atoms with Crippen molar-refractivity contribution >= 4 is 6.16 Å². The molecule has 0 amide bonds. The van der Waals surface area contributed by atoms with Gasteiger partial charge in [-0.2, -0.15) is 0 Å².